The van der Waals surface area contributed by atoms with Crippen LogP contribution in [0.5, 0.6) is 0 Å². The second-order valence-electron chi connectivity index (χ2n) is 5.35. The molecule has 0 saturated carbocycles. The van der Waals surface area contributed by atoms with Crippen molar-refractivity contribution in [2.75, 3.05) is 0 Å². The largest absolute Gasteiger partial charge is 0.0842 e. The van der Waals surface area contributed by atoms with E-state index in [-0.39, 0.29) is 0 Å². The molecule has 1 aromatic rings. The second kappa shape index (κ2) is 3.84. The van der Waals surface area contributed by atoms with Gasteiger partial charge in [-0.25, -0.2) is 0 Å². The normalized spacial score (nSPS) is 27.8. The zero-order valence-corrected chi connectivity index (χ0v) is 10.3. The van der Waals surface area contributed by atoms with Crippen molar-refractivity contribution < 1.29 is 0 Å². The van der Waals surface area contributed by atoms with Gasteiger partial charge in [-0.2, -0.15) is 0 Å². The summed E-state index contributed by atoms with van der Waals surface area (Å²) in [5.74, 6) is 1.28. The lowest BCUT2D eigenvalue weighted by Crippen LogP contribution is -2.22. The first-order valence-corrected chi connectivity index (χ1v) is 6.79. The molecule has 0 bridgehead atoms. The molecule has 0 amide bonds. The van der Waals surface area contributed by atoms with E-state index in [2.05, 4.69) is 60.7 Å². The number of benzene rings is 1. The van der Waals surface area contributed by atoms with Crippen LogP contribution in [0.25, 0.3) is 11.6 Å². The quantitative estimate of drug-likeness (QED) is 0.612. The van der Waals surface area contributed by atoms with Crippen LogP contribution in [-0.4, -0.2) is 0 Å². The molecular formula is C18H16. The van der Waals surface area contributed by atoms with Gasteiger partial charge in [-0.1, -0.05) is 60.7 Å². The molecule has 88 valence electrons. The highest BCUT2D eigenvalue weighted by Crippen LogP contribution is 2.45. The fraction of sp³-hybridized carbons (Fsp3) is 0.222. The Morgan fingerprint density at radius 1 is 1.00 bits per heavy atom. The number of hydrogen-bond donors (Lipinski definition) is 0. The van der Waals surface area contributed by atoms with Crippen LogP contribution in [0, 0.1) is 11.8 Å². The van der Waals surface area contributed by atoms with Crippen molar-refractivity contribution in [1.29, 1.82) is 0 Å². The van der Waals surface area contributed by atoms with E-state index in [1.165, 1.54) is 35.1 Å². The molecule has 3 aliphatic carbocycles. The van der Waals surface area contributed by atoms with Crippen LogP contribution in [0.3, 0.4) is 0 Å². The van der Waals surface area contributed by atoms with Crippen molar-refractivity contribution in [2.45, 2.75) is 12.8 Å². The monoisotopic (exact) mass is 232 g/mol. The van der Waals surface area contributed by atoms with Gasteiger partial charge in [-0.15, -0.1) is 0 Å². The first-order valence-electron chi connectivity index (χ1n) is 6.79. The molecule has 0 saturated heterocycles. The lowest BCUT2D eigenvalue weighted by molar-refractivity contribution is 0.494. The molecule has 0 aromatic heterocycles. The van der Waals surface area contributed by atoms with Crippen LogP contribution in [-0.2, 0) is 0 Å². The van der Waals surface area contributed by atoms with Gasteiger partial charge in [0.15, 0.2) is 0 Å². The summed E-state index contributed by atoms with van der Waals surface area (Å²) in [7, 11) is 0. The van der Waals surface area contributed by atoms with Crippen molar-refractivity contribution in [3.63, 3.8) is 0 Å². The van der Waals surface area contributed by atoms with E-state index in [4.69, 9.17) is 0 Å². The molecule has 2 atom stereocenters. The van der Waals surface area contributed by atoms with Crippen LogP contribution < -0.4 is 0 Å². The van der Waals surface area contributed by atoms with Crippen molar-refractivity contribution in [3.8, 4) is 0 Å². The van der Waals surface area contributed by atoms with E-state index in [9.17, 15) is 0 Å². The molecule has 0 spiro atoms. The molecule has 0 nitrogen and oxygen atoms in total. The van der Waals surface area contributed by atoms with E-state index >= 15 is 0 Å². The molecule has 1 aromatic carbocycles. The lowest BCUT2D eigenvalue weighted by Gasteiger charge is -2.35. The molecule has 0 aliphatic heterocycles. The van der Waals surface area contributed by atoms with Crippen molar-refractivity contribution in [1.82, 2.24) is 0 Å². The average Bonchev–Trinajstić information content (AvgIpc) is 2.46. The van der Waals surface area contributed by atoms with Crippen molar-refractivity contribution >= 4 is 11.6 Å². The smallest absolute Gasteiger partial charge is 0.00963 e. The highest BCUT2D eigenvalue weighted by atomic mass is 14.3. The van der Waals surface area contributed by atoms with Gasteiger partial charge < -0.3 is 0 Å². The van der Waals surface area contributed by atoms with E-state index in [0.717, 1.165) is 0 Å². The standard InChI is InChI=1S/C18H16/c1-3-7-15-13(5-1)9-11-18-16-8-4-2-6-14(16)10-12-17(15)18/h1-3,5-7,9-12,16,18H,4,8H2. The number of hydrogen-bond acceptors (Lipinski definition) is 0. The maximum atomic E-state index is 2.41. The Kier molecular flexibility index (Phi) is 2.16. The number of fused-ring (bicyclic) bond motifs is 5. The van der Waals surface area contributed by atoms with Gasteiger partial charge in [0.25, 0.3) is 0 Å². The van der Waals surface area contributed by atoms with E-state index in [0.29, 0.717) is 11.8 Å². The summed E-state index contributed by atoms with van der Waals surface area (Å²) < 4.78 is 0. The second-order valence-corrected chi connectivity index (χ2v) is 5.35. The zero-order chi connectivity index (χ0) is 11.9. The van der Waals surface area contributed by atoms with Gasteiger partial charge in [-0.05, 0) is 41.0 Å². The third kappa shape index (κ3) is 1.38. The van der Waals surface area contributed by atoms with Gasteiger partial charge in [-0.3, -0.25) is 0 Å². The summed E-state index contributed by atoms with van der Waals surface area (Å²) >= 11 is 0. The Hall–Kier alpha value is -1.82. The summed E-state index contributed by atoms with van der Waals surface area (Å²) in [6.45, 7) is 0. The molecular weight excluding hydrogens is 216 g/mol. The Labute approximate surface area is 108 Å². The highest BCUT2D eigenvalue weighted by molar-refractivity contribution is 5.83. The maximum absolute atomic E-state index is 2.41. The summed E-state index contributed by atoms with van der Waals surface area (Å²) in [5.41, 5.74) is 5.81. The molecule has 0 heterocycles. The topological polar surface area (TPSA) is 0 Å². The third-order valence-corrected chi connectivity index (χ3v) is 4.39. The average molecular weight is 232 g/mol. The van der Waals surface area contributed by atoms with E-state index < -0.39 is 0 Å². The fourth-order valence-electron chi connectivity index (χ4n) is 3.49. The summed E-state index contributed by atoms with van der Waals surface area (Å²) in [5, 5.41) is 0. The van der Waals surface area contributed by atoms with Gasteiger partial charge >= 0.3 is 0 Å². The Bertz CT molecular complexity index is 611. The minimum Gasteiger partial charge on any atom is -0.0842 e. The van der Waals surface area contributed by atoms with E-state index in [1.807, 2.05) is 0 Å². The summed E-state index contributed by atoms with van der Waals surface area (Å²) in [6, 6.07) is 8.74. The van der Waals surface area contributed by atoms with Gasteiger partial charge in [0.2, 0.25) is 0 Å². The summed E-state index contributed by atoms with van der Waals surface area (Å²) in [6.07, 6.45) is 16.5. The number of allylic oxidation sites excluding steroid dienone is 7. The molecule has 4 rings (SSSR count). The van der Waals surface area contributed by atoms with Crippen LogP contribution in [0.2, 0.25) is 0 Å². The molecule has 0 heteroatoms. The molecule has 18 heavy (non-hydrogen) atoms. The minimum absolute atomic E-state index is 0.588. The minimum atomic E-state index is 0.588. The molecule has 3 aliphatic rings. The Morgan fingerprint density at radius 3 is 2.94 bits per heavy atom. The first-order chi connectivity index (χ1) is 8.93. The van der Waals surface area contributed by atoms with Gasteiger partial charge in [0, 0.05) is 5.92 Å². The highest BCUT2D eigenvalue weighted by Gasteiger charge is 2.31. The van der Waals surface area contributed by atoms with Crippen LogP contribution in [0.1, 0.15) is 24.0 Å². The predicted molar refractivity (Wildman–Crippen MR) is 76.9 cm³/mol. The van der Waals surface area contributed by atoms with Crippen LogP contribution in [0.4, 0.5) is 0 Å². The maximum Gasteiger partial charge on any atom is 0.00963 e. The molecule has 0 N–H and O–H groups in total. The van der Waals surface area contributed by atoms with Gasteiger partial charge in [0.05, 0.1) is 0 Å². The van der Waals surface area contributed by atoms with Crippen molar-refractivity contribution in [2.24, 2.45) is 11.8 Å². The Morgan fingerprint density at radius 2 is 1.94 bits per heavy atom. The predicted octanol–water partition coefficient (Wildman–Crippen LogP) is 4.62. The Balaban J connectivity index is 1.88. The van der Waals surface area contributed by atoms with Crippen LogP contribution in [0.15, 0.2) is 60.2 Å². The molecule has 0 fully saturated rings. The summed E-state index contributed by atoms with van der Waals surface area (Å²) in [4.78, 5) is 0. The van der Waals surface area contributed by atoms with Crippen molar-refractivity contribution in [3.05, 3.63) is 71.3 Å². The van der Waals surface area contributed by atoms with Crippen LogP contribution >= 0.6 is 0 Å². The molecule has 0 radical (unpaired) electrons. The van der Waals surface area contributed by atoms with Gasteiger partial charge in [0.1, 0.15) is 0 Å². The third-order valence-electron chi connectivity index (χ3n) is 4.39. The SMILES string of the molecule is C1=CC2=CC=C3c4ccccc4C=CC3C2CC1. The lowest BCUT2D eigenvalue weighted by atomic mass is 9.69. The molecule has 2 unspecified atom stereocenters. The fourth-order valence-corrected chi connectivity index (χ4v) is 3.49. The first kappa shape index (κ1) is 10.1. The van der Waals surface area contributed by atoms with E-state index in [1.54, 1.807) is 0 Å². The zero-order valence-electron chi connectivity index (χ0n) is 10.3. The number of rotatable bonds is 0.